The highest BCUT2D eigenvalue weighted by Gasteiger charge is 2.18. The van der Waals surface area contributed by atoms with E-state index in [0.717, 1.165) is 5.56 Å². The van der Waals surface area contributed by atoms with Gasteiger partial charge >= 0.3 is 6.09 Å². The molecule has 0 aromatic heterocycles. The van der Waals surface area contributed by atoms with E-state index in [1.54, 1.807) is 12.1 Å². The van der Waals surface area contributed by atoms with E-state index >= 15 is 0 Å². The number of hydrogen-bond acceptors (Lipinski definition) is 6. The van der Waals surface area contributed by atoms with Crippen LogP contribution < -0.4 is 10.2 Å². The van der Waals surface area contributed by atoms with Gasteiger partial charge in [-0.15, -0.1) is 0 Å². The second-order valence-electron chi connectivity index (χ2n) is 6.25. The highest BCUT2D eigenvalue weighted by Crippen LogP contribution is 2.39. The Balaban J connectivity index is 2.31. The molecule has 0 heterocycles. The molecule has 0 aliphatic rings. The quantitative estimate of drug-likeness (QED) is 0.407. The van der Waals surface area contributed by atoms with Crippen molar-refractivity contribution in [2.75, 3.05) is 34.3 Å². The Labute approximate surface area is 142 Å². The van der Waals surface area contributed by atoms with Crippen LogP contribution in [0.3, 0.4) is 0 Å². The number of carbonyl (C=O) groups excluding carboxylic acids is 1. The molecule has 2 atom stereocenters. The molecule has 1 N–H and O–H groups in total. The van der Waals surface area contributed by atoms with Gasteiger partial charge in [-0.25, -0.2) is 4.79 Å². The Morgan fingerprint density at radius 3 is 2.50 bits per heavy atom. The van der Waals surface area contributed by atoms with Crippen LogP contribution in [-0.4, -0.2) is 51.1 Å². The zero-order chi connectivity index (χ0) is 18.2. The number of alkyl carbamates (subject to hydrolysis) is 1. The number of benzene rings is 1. The largest absolute Gasteiger partial charge is 0.756 e. The fourth-order valence-electron chi connectivity index (χ4n) is 1.61. The smallest absolute Gasteiger partial charge is 0.409 e. The zero-order valence-electron chi connectivity index (χ0n) is 14.4. The molecule has 0 spiro atoms. The summed E-state index contributed by atoms with van der Waals surface area (Å²) in [5.74, 6) is 0. The van der Waals surface area contributed by atoms with Gasteiger partial charge < -0.3 is 18.6 Å². The fraction of sp³-hybridized carbons (Fsp3) is 0.533. The molecule has 0 saturated heterocycles. The predicted octanol–water partition coefficient (Wildman–Crippen LogP) is 1.47. The second kappa shape index (κ2) is 9.15. The molecular weight excluding hydrogens is 335 g/mol. The van der Waals surface area contributed by atoms with E-state index in [1.807, 2.05) is 39.3 Å². The number of phosphoric ester groups is 1. The zero-order valence-corrected chi connectivity index (χ0v) is 15.3. The van der Waals surface area contributed by atoms with Crippen LogP contribution >= 0.6 is 7.82 Å². The van der Waals surface area contributed by atoms with Crippen molar-refractivity contribution in [1.29, 1.82) is 0 Å². The van der Waals surface area contributed by atoms with E-state index in [9.17, 15) is 14.3 Å². The fourth-order valence-corrected chi connectivity index (χ4v) is 2.41. The summed E-state index contributed by atoms with van der Waals surface area (Å²) in [4.78, 5) is 23.3. The van der Waals surface area contributed by atoms with Gasteiger partial charge in [0.25, 0.3) is 7.82 Å². The van der Waals surface area contributed by atoms with Gasteiger partial charge in [-0.3, -0.25) is 14.4 Å². The monoisotopic (exact) mass is 360 g/mol. The maximum absolute atomic E-state index is 11.7. The third-order valence-corrected chi connectivity index (χ3v) is 3.91. The molecule has 8 nitrogen and oxygen atoms in total. The normalized spacial score (nSPS) is 15.4. The molecule has 0 aliphatic heterocycles. The van der Waals surface area contributed by atoms with Crippen LogP contribution in [0.5, 0.6) is 0 Å². The number of rotatable bonds is 9. The number of nitrogens with one attached hydrogen (secondary N) is 1. The minimum absolute atomic E-state index is 0.00451. The second-order valence-corrected chi connectivity index (χ2v) is 7.61. The van der Waals surface area contributed by atoms with Gasteiger partial charge in [0.2, 0.25) is 0 Å². The van der Waals surface area contributed by atoms with Crippen molar-refractivity contribution in [3.8, 4) is 0 Å². The van der Waals surface area contributed by atoms with Crippen LogP contribution in [0, 0.1) is 0 Å². The summed E-state index contributed by atoms with van der Waals surface area (Å²) in [6.07, 6.45) is -1.88. The highest BCUT2D eigenvalue weighted by molar-refractivity contribution is 7.45. The molecule has 1 rings (SSSR count). The topological polar surface area (TPSA) is 96.9 Å². The van der Waals surface area contributed by atoms with Crippen molar-refractivity contribution in [2.24, 2.45) is 0 Å². The van der Waals surface area contributed by atoms with Gasteiger partial charge in [0.1, 0.15) is 26.0 Å². The molecule has 24 heavy (non-hydrogen) atoms. The predicted molar refractivity (Wildman–Crippen MR) is 86.8 cm³/mol. The summed E-state index contributed by atoms with van der Waals surface area (Å²) in [7, 11) is 1.23. The first-order valence-electron chi connectivity index (χ1n) is 7.49. The molecule has 2 unspecified atom stereocenters. The minimum atomic E-state index is -4.50. The average Bonchev–Trinajstić information content (AvgIpc) is 2.43. The highest BCUT2D eigenvalue weighted by atomic mass is 31.2. The summed E-state index contributed by atoms with van der Waals surface area (Å²) in [6.45, 7) is 1.94. The van der Waals surface area contributed by atoms with Gasteiger partial charge in [0, 0.05) is 0 Å². The SMILES string of the molecule is CC(NC(=O)OCc1ccccc1)OP(=O)([O-])OCC[N+](C)(C)C. The standard InChI is InChI=1S/C15H25N2O6P/c1-13(23-24(19,20)22-11-10-17(2,3)4)16-15(18)21-12-14-8-6-5-7-9-14/h5-9,13H,10-12H2,1-4H3,(H-,16,18,19,20). The van der Waals surface area contributed by atoms with E-state index in [-0.39, 0.29) is 13.2 Å². The summed E-state index contributed by atoms with van der Waals surface area (Å²) >= 11 is 0. The summed E-state index contributed by atoms with van der Waals surface area (Å²) < 4.78 is 26.7. The van der Waals surface area contributed by atoms with Crippen molar-refractivity contribution in [2.45, 2.75) is 19.8 Å². The van der Waals surface area contributed by atoms with Crippen LogP contribution in [0.1, 0.15) is 12.5 Å². The van der Waals surface area contributed by atoms with Gasteiger partial charge in [-0.1, -0.05) is 30.3 Å². The van der Waals surface area contributed by atoms with Gasteiger partial charge in [0.05, 0.1) is 21.1 Å². The van der Waals surface area contributed by atoms with E-state index in [0.29, 0.717) is 11.0 Å². The van der Waals surface area contributed by atoms with E-state index in [1.165, 1.54) is 6.92 Å². The Kier molecular flexibility index (Phi) is 7.86. The van der Waals surface area contributed by atoms with Crippen LogP contribution in [0.4, 0.5) is 4.79 Å². The van der Waals surface area contributed by atoms with Gasteiger partial charge in [-0.2, -0.15) is 0 Å². The molecule has 1 amide bonds. The number of hydrogen-bond donors (Lipinski definition) is 1. The number of amides is 1. The maximum Gasteiger partial charge on any atom is 0.409 e. The molecule has 0 bridgehead atoms. The molecule has 136 valence electrons. The number of likely N-dealkylation sites (N-methyl/N-ethyl adjacent to an activating group) is 1. The van der Waals surface area contributed by atoms with E-state index < -0.39 is 20.1 Å². The van der Waals surface area contributed by atoms with Gasteiger partial charge in [-0.05, 0) is 12.5 Å². The first-order valence-corrected chi connectivity index (χ1v) is 8.95. The first kappa shape index (κ1) is 20.6. The number of phosphoric acid groups is 1. The lowest BCUT2D eigenvalue weighted by atomic mass is 10.2. The van der Waals surface area contributed by atoms with Gasteiger partial charge in [0.15, 0.2) is 0 Å². The van der Waals surface area contributed by atoms with Crippen LogP contribution in [0.15, 0.2) is 30.3 Å². The molecule has 0 fully saturated rings. The molecule has 1 aromatic carbocycles. The summed E-state index contributed by atoms with van der Waals surface area (Å²) in [5, 5.41) is 2.27. The average molecular weight is 360 g/mol. The minimum Gasteiger partial charge on any atom is -0.756 e. The van der Waals surface area contributed by atoms with E-state index in [2.05, 4.69) is 5.32 Å². The van der Waals surface area contributed by atoms with Crippen molar-refractivity contribution in [3.05, 3.63) is 35.9 Å². The molecule has 0 radical (unpaired) electrons. The van der Waals surface area contributed by atoms with E-state index in [4.69, 9.17) is 13.8 Å². The third-order valence-electron chi connectivity index (χ3n) is 2.83. The number of carbonyl (C=O) groups is 1. The third kappa shape index (κ3) is 9.64. The Hall–Kier alpha value is -1.44. The molecule has 1 aromatic rings. The number of nitrogens with zero attached hydrogens (tertiary/aromatic N) is 1. The van der Waals surface area contributed by atoms with Crippen molar-refractivity contribution >= 4 is 13.9 Å². The molecular formula is C15H25N2O6P. The Morgan fingerprint density at radius 1 is 1.29 bits per heavy atom. The Bertz CT molecular complexity index is 561. The van der Waals surface area contributed by atoms with Crippen LogP contribution in [0.2, 0.25) is 0 Å². The molecule has 0 saturated carbocycles. The van der Waals surface area contributed by atoms with Crippen LogP contribution in [-0.2, 0) is 25.0 Å². The lowest BCUT2D eigenvalue weighted by Crippen LogP contribution is -2.38. The maximum atomic E-state index is 11.7. The van der Waals surface area contributed by atoms with Crippen molar-refractivity contribution in [1.82, 2.24) is 5.32 Å². The van der Waals surface area contributed by atoms with Crippen LogP contribution in [0.25, 0.3) is 0 Å². The molecule has 0 aliphatic carbocycles. The summed E-state index contributed by atoms with van der Waals surface area (Å²) in [6, 6.07) is 9.11. The van der Waals surface area contributed by atoms with Crippen molar-refractivity contribution in [3.63, 3.8) is 0 Å². The lowest BCUT2D eigenvalue weighted by Gasteiger charge is -2.29. The molecule has 9 heteroatoms. The Morgan fingerprint density at radius 2 is 1.92 bits per heavy atom. The number of ether oxygens (including phenoxy) is 1. The van der Waals surface area contributed by atoms with Crippen molar-refractivity contribution < 1.29 is 32.5 Å². The summed E-state index contributed by atoms with van der Waals surface area (Å²) in [5.41, 5.74) is 0.819. The number of quaternary nitrogens is 1. The first-order chi connectivity index (χ1) is 11.1. The lowest BCUT2D eigenvalue weighted by molar-refractivity contribution is -0.870.